The Morgan fingerprint density at radius 3 is 2.08 bits per heavy atom. The minimum absolute atomic E-state index is 0.0644. The SMILES string of the molecule is O=c1cc(-c2ccc(OCCOCCN(Cc3ncccn3)Cc3ncccn3)cc2)oc2ccccc12. The molecule has 3 aromatic heterocycles. The maximum Gasteiger partial charge on any atom is 0.193 e. The van der Waals surface area contributed by atoms with E-state index >= 15 is 0 Å². The molecule has 0 unspecified atom stereocenters. The van der Waals surface area contributed by atoms with Crippen LogP contribution in [0.15, 0.2) is 101 Å². The average Bonchev–Trinajstić information content (AvgIpc) is 2.96. The molecule has 0 amide bonds. The lowest BCUT2D eigenvalue weighted by atomic mass is 10.1. The van der Waals surface area contributed by atoms with Crippen LogP contribution < -0.4 is 10.2 Å². The van der Waals surface area contributed by atoms with Crippen LogP contribution in [0.1, 0.15) is 11.6 Å². The van der Waals surface area contributed by atoms with E-state index in [1.165, 1.54) is 6.07 Å². The van der Waals surface area contributed by atoms with Crippen LogP contribution in [-0.2, 0) is 17.8 Å². The molecule has 38 heavy (non-hydrogen) atoms. The largest absolute Gasteiger partial charge is 0.491 e. The van der Waals surface area contributed by atoms with E-state index in [0.29, 0.717) is 61.9 Å². The second-order valence-electron chi connectivity index (χ2n) is 8.50. The van der Waals surface area contributed by atoms with Crippen LogP contribution in [0.3, 0.4) is 0 Å². The number of hydrogen-bond donors (Lipinski definition) is 0. The van der Waals surface area contributed by atoms with Gasteiger partial charge in [-0.25, -0.2) is 19.9 Å². The third kappa shape index (κ3) is 6.84. The summed E-state index contributed by atoms with van der Waals surface area (Å²) in [6.07, 6.45) is 6.93. The Balaban J connectivity index is 1.09. The van der Waals surface area contributed by atoms with E-state index in [1.54, 1.807) is 49.1 Å². The first-order chi connectivity index (χ1) is 18.7. The molecule has 0 radical (unpaired) electrons. The van der Waals surface area contributed by atoms with Gasteiger partial charge in [0.15, 0.2) is 5.43 Å². The molecule has 0 aliphatic heterocycles. The van der Waals surface area contributed by atoms with Gasteiger partial charge in [0, 0.05) is 43.0 Å². The fraction of sp³-hybridized carbons (Fsp3) is 0.207. The van der Waals surface area contributed by atoms with Crippen LogP contribution in [0.25, 0.3) is 22.3 Å². The van der Waals surface area contributed by atoms with Crippen molar-refractivity contribution in [1.82, 2.24) is 24.8 Å². The molecule has 0 aliphatic carbocycles. The minimum Gasteiger partial charge on any atom is -0.491 e. The van der Waals surface area contributed by atoms with Crippen molar-refractivity contribution in [1.29, 1.82) is 0 Å². The van der Waals surface area contributed by atoms with E-state index in [4.69, 9.17) is 13.9 Å². The molecule has 0 fully saturated rings. The molecule has 0 saturated heterocycles. The number of hydrogen-bond acceptors (Lipinski definition) is 9. The van der Waals surface area contributed by atoms with E-state index in [2.05, 4.69) is 24.8 Å². The summed E-state index contributed by atoms with van der Waals surface area (Å²) >= 11 is 0. The van der Waals surface area contributed by atoms with Gasteiger partial charge in [-0.1, -0.05) is 12.1 Å². The highest BCUT2D eigenvalue weighted by Gasteiger charge is 2.11. The molecule has 0 atom stereocenters. The summed E-state index contributed by atoms with van der Waals surface area (Å²) in [4.78, 5) is 31.8. The van der Waals surface area contributed by atoms with E-state index in [1.807, 2.05) is 36.4 Å². The number of rotatable bonds is 12. The van der Waals surface area contributed by atoms with Crippen molar-refractivity contribution < 1.29 is 13.9 Å². The Hall–Kier alpha value is -4.47. The number of ether oxygens (including phenoxy) is 2. The van der Waals surface area contributed by atoms with Gasteiger partial charge in [0.25, 0.3) is 0 Å². The van der Waals surface area contributed by atoms with E-state index < -0.39 is 0 Å². The zero-order chi connectivity index (χ0) is 26.0. The normalized spacial score (nSPS) is 11.2. The molecule has 192 valence electrons. The second-order valence-corrected chi connectivity index (χ2v) is 8.50. The standard InChI is InChI=1S/C29H27N5O4/c35-25-19-27(38-26-6-2-1-5-24(25)26)22-7-9-23(10-8-22)37-18-17-36-16-15-34(20-28-30-11-3-12-31-28)21-29-32-13-4-14-33-29/h1-14,19H,15-18,20-21H2. The number of benzene rings is 2. The molecule has 0 aliphatic rings. The number of para-hydroxylation sites is 1. The van der Waals surface area contributed by atoms with Gasteiger partial charge in [-0.15, -0.1) is 0 Å². The van der Waals surface area contributed by atoms with Crippen molar-refractivity contribution in [2.24, 2.45) is 0 Å². The highest BCUT2D eigenvalue weighted by atomic mass is 16.5. The summed E-state index contributed by atoms with van der Waals surface area (Å²) in [5.74, 6) is 2.70. The van der Waals surface area contributed by atoms with Crippen LogP contribution in [-0.4, -0.2) is 51.2 Å². The Morgan fingerprint density at radius 2 is 1.39 bits per heavy atom. The molecule has 9 heteroatoms. The first-order valence-corrected chi connectivity index (χ1v) is 12.3. The lowest BCUT2D eigenvalue weighted by Gasteiger charge is -2.20. The Labute approximate surface area is 219 Å². The van der Waals surface area contributed by atoms with Gasteiger partial charge in [0.05, 0.1) is 31.7 Å². The van der Waals surface area contributed by atoms with E-state index in [9.17, 15) is 4.79 Å². The zero-order valence-corrected chi connectivity index (χ0v) is 20.8. The fourth-order valence-corrected chi connectivity index (χ4v) is 3.91. The maximum atomic E-state index is 12.4. The van der Waals surface area contributed by atoms with Gasteiger partial charge < -0.3 is 13.9 Å². The Morgan fingerprint density at radius 1 is 0.737 bits per heavy atom. The summed E-state index contributed by atoms with van der Waals surface area (Å²) in [5, 5.41) is 0.570. The molecule has 0 saturated carbocycles. The van der Waals surface area contributed by atoms with Gasteiger partial charge in [0.1, 0.15) is 35.3 Å². The molecule has 5 aromatic rings. The summed E-state index contributed by atoms with van der Waals surface area (Å²) in [6, 6.07) is 19.8. The molecule has 0 spiro atoms. The summed E-state index contributed by atoms with van der Waals surface area (Å²) in [7, 11) is 0. The molecule has 2 aromatic carbocycles. The summed E-state index contributed by atoms with van der Waals surface area (Å²) < 4.78 is 17.5. The molecule has 3 heterocycles. The van der Waals surface area contributed by atoms with E-state index in [-0.39, 0.29) is 5.43 Å². The van der Waals surface area contributed by atoms with Crippen molar-refractivity contribution in [3.8, 4) is 17.1 Å². The Bertz CT molecular complexity index is 1450. The second kappa shape index (κ2) is 12.7. The number of nitrogens with zero attached hydrogens (tertiary/aromatic N) is 5. The van der Waals surface area contributed by atoms with Crippen LogP contribution in [0.2, 0.25) is 0 Å². The van der Waals surface area contributed by atoms with Crippen LogP contribution in [0, 0.1) is 0 Å². The minimum atomic E-state index is -0.0644. The molecular formula is C29H27N5O4. The van der Waals surface area contributed by atoms with Gasteiger partial charge in [-0.05, 0) is 48.5 Å². The molecular weight excluding hydrogens is 482 g/mol. The fourth-order valence-electron chi connectivity index (χ4n) is 3.91. The lowest BCUT2D eigenvalue weighted by Crippen LogP contribution is -2.29. The predicted molar refractivity (Wildman–Crippen MR) is 142 cm³/mol. The predicted octanol–water partition coefficient (Wildman–Crippen LogP) is 4.14. The van der Waals surface area contributed by atoms with Gasteiger partial charge in [0.2, 0.25) is 0 Å². The van der Waals surface area contributed by atoms with Crippen LogP contribution >= 0.6 is 0 Å². The summed E-state index contributed by atoms with van der Waals surface area (Å²) in [5.41, 5.74) is 1.31. The number of fused-ring (bicyclic) bond motifs is 1. The molecule has 9 nitrogen and oxygen atoms in total. The zero-order valence-electron chi connectivity index (χ0n) is 20.8. The third-order valence-corrected chi connectivity index (χ3v) is 5.79. The first kappa shape index (κ1) is 25.2. The lowest BCUT2D eigenvalue weighted by molar-refractivity contribution is 0.0747. The quantitative estimate of drug-likeness (QED) is 0.230. The van der Waals surface area contributed by atoms with Crippen molar-refractivity contribution in [3.05, 3.63) is 113 Å². The maximum absolute atomic E-state index is 12.4. The van der Waals surface area contributed by atoms with Gasteiger partial charge in [-0.3, -0.25) is 9.69 Å². The first-order valence-electron chi connectivity index (χ1n) is 12.3. The van der Waals surface area contributed by atoms with Crippen molar-refractivity contribution in [3.63, 3.8) is 0 Å². The van der Waals surface area contributed by atoms with Crippen molar-refractivity contribution >= 4 is 11.0 Å². The van der Waals surface area contributed by atoms with Crippen molar-refractivity contribution in [2.75, 3.05) is 26.4 Å². The monoisotopic (exact) mass is 509 g/mol. The highest BCUT2D eigenvalue weighted by Crippen LogP contribution is 2.24. The molecule has 0 N–H and O–H groups in total. The highest BCUT2D eigenvalue weighted by molar-refractivity contribution is 5.78. The Kier molecular flexibility index (Phi) is 8.40. The van der Waals surface area contributed by atoms with Crippen molar-refractivity contribution in [2.45, 2.75) is 13.1 Å². The van der Waals surface area contributed by atoms with Gasteiger partial charge >= 0.3 is 0 Å². The van der Waals surface area contributed by atoms with Gasteiger partial charge in [-0.2, -0.15) is 0 Å². The molecule has 5 rings (SSSR count). The smallest absolute Gasteiger partial charge is 0.193 e. The van der Waals surface area contributed by atoms with Crippen LogP contribution in [0.5, 0.6) is 5.75 Å². The third-order valence-electron chi connectivity index (χ3n) is 5.79. The van der Waals surface area contributed by atoms with E-state index in [0.717, 1.165) is 17.2 Å². The number of aromatic nitrogens is 4. The average molecular weight is 510 g/mol. The van der Waals surface area contributed by atoms with Crippen LogP contribution in [0.4, 0.5) is 0 Å². The molecule has 0 bridgehead atoms. The summed E-state index contributed by atoms with van der Waals surface area (Å²) in [6.45, 7) is 3.18. The topological polar surface area (TPSA) is 103 Å².